The molecule has 4 heteroatoms. The smallest absolute Gasteiger partial charge is 0.119 e. The summed E-state index contributed by atoms with van der Waals surface area (Å²) in [5.74, 6) is 3.45. The molecule has 1 aromatic carbocycles. The standard InChI is InChI=1S/C19H22N2OS/c1-2-3-13-22-17-8-6-16(7-9-17)15-21-19(10-4-5-11-19)18-20-12-14-23-18/h1,6-9,12,14,21H,3-5,10-11,13,15H2. The van der Waals surface area contributed by atoms with Crippen LogP contribution < -0.4 is 10.1 Å². The first kappa shape index (κ1) is 16.0. The lowest BCUT2D eigenvalue weighted by Crippen LogP contribution is -2.39. The molecule has 0 unspecified atom stereocenters. The van der Waals surface area contributed by atoms with Crippen molar-refractivity contribution in [2.75, 3.05) is 6.61 Å². The van der Waals surface area contributed by atoms with E-state index in [2.05, 4.69) is 33.7 Å². The maximum atomic E-state index is 5.59. The van der Waals surface area contributed by atoms with Gasteiger partial charge in [0.15, 0.2) is 0 Å². The summed E-state index contributed by atoms with van der Waals surface area (Å²) in [6, 6.07) is 8.25. The minimum Gasteiger partial charge on any atom is -0.493 e. The SMILES string of the molecule is C#CCCOc1ccc(CNC2(c3nccs3)CCCC2)cc1. The predicted octanol–water partition coefficient (Wildman–Crippen LogP) is 4.10. The first-order valence-corrected chi connectivity index (χ1v) is 9.01. The average molecular weight is 326 g/mol. The van der Waals surface area contributed by atoms with Crippen molar-refractivity contribution in [1.29, 1.82) is 0 Å². The molecule has 0 saturated heterocycles. The van der Waals surface area contributed by atoms with Gasteiger partial charge in [-0.15, -0.1) is 23.7 Å². The van der Waals surface area contributed by atoms with Gasteiger partial charge in [0.1, 0.15) is 10.8 Å². The van der Waals surface area contributed by atoms with Gasteiger partial charge in [-0.05, 0) is 30.5 Å². The summed E-state index contributed by atoms with van der Waals surface area (Å²) in [6.07, 6.45) is 12.7. The van der Waals surface area contributed by atoms with Crippen LogP contribution in [0.3, 0.4) is 0 Å². The Kier molecular flexibility index (Phi) is 5.32. The van der Waals surface area contributed by atoms with E-state index in [4.69, 9.17) is 11.2 Å². The van der Waals surface area contributed by atoms with Gasteiger partial charge in [0, 0.05) is 24.5 Å². The molecule has 0 bridgehead atoms. The Morgan fingerprint density at radius 3 is 2.70 bits per heavy atom. The maximum Gasteiger partial charge on any atom is 0.119 e. The third-order valence-electron chi connectivity index (χ3n) is 4.37. The summed E-state index contributed by atoms with van der Waals surface area (Å²) < 4.78 is 5.59. The molecule has 1 saturated carbocycles. The van der Waals surface area contributed by atoms with E-state index in [0.717, 1.165) is 12.3 Å². The maximum absolute atomic E-state index is 5.59. The molecule has 1 aromatic heterocycles. The second-order valence-electron chi connectivity index (χ2n) is 5.93. The van der Waals surface area contributed by atoms with Gasteiger partial charge < -0.3 is 10.1 Å². The number of hydrogen-bond acceptors (Lipinski definition) is 4. The lowest BCUT2D eigenvalue weighted by atomic mass is 9.98. The topological polar surface area (TPSA) is 34.1 Å². The van der Waals surface area contributed by atoms with Crippen LogP contribution in [0.5, 0.6) is 5.75 Å². The van der Waals surface area contributed by atoms with E-state index < -0.39 is 0 Å². The summed E-state index contributed by atoms with van der Waals surface area (Å²) >= 11 is 1.76. The van der Waals surface area contributed by atoms with Crippen molar-refractivity contribution in [3.8, 4) is 18.1 Å². The highest BCUT2D eigenvalue weighted by Crippen LogP contribution is 2.39. The van der Waals surface area contributed by atoms with Crippen LogP contribution in [0.4, 0.5) is 0 Å². The lowest BCUT2D eigenvalue weighted by Gasteiger charge is -2.28. The van der Waals surface area contributed by atoms with Crippen molar-refractivity contribution in [3.05, 3.63) is 46.4 Å². The summed E-state index contributed by atoms with van der Waals surface area (Å²) in [5, 5.41) is 7.06. The predicted molar refractivity (Wildman–Crippen MR) is 94.5 cm³/mol. The van der Waals surface area contributed by atoms with E-state index in [1.807, 2.05) is 18.3 Å². The number of nitrogens with zero attached hydrogens (tertiary/aromatic N) is 1. The number of ether oxygens (including phenoxy) is 1. The Morgan fingerprint density at radius 2 is 2.04 bits per heavy atom. The second kappa shape index (κ2) is 7.63. The van der Waals surface area contributed by atoms with Crippen LogP contribution in [0.15, 0.2) is 35.8 Å². The molecule has 0 atom stereocenters. The highest BCUT2D eigenvalue weighted by Gasteiger charge is 2.37. The van der Waals surface area contributed by atoms with E-state index in [1.165, 1.54) is 36.3 Å². The third kappa shape index (κ3) is 3.93. The molecule has 2 aromatic rings. The number of rotatable bonds is 7. The highest BCUT2D eigenvalue weighted by molar-refractivity contribution is 7.09. The van der Waals surface area contributed by atoms with Crippen LogP contribution in [0.2, 0.25) is 0 Å². The van der Waals surface area contributed by atoms with Crippen molar-refractivity contribution in [2.24, 2.45) is 0 Å². The van der Waals surface area contributed by atoms with Crippen molar-refractivity contribution in [3.63, 3.8) is 0 Å². The Hall–Kier alpha value is -1.83. The largest absolute Gasteiger partial charge is 0.493 e. The third-order valence-corrected chi connectivity index (χ3v) is 5.35. The van der Waals surface area contributed by atoms with Gasteiger partial charge in [-0.2, -0.15) is 0 Å². The number of thiazole rings is 1. The fourth-order valence-corrected chi connectivity index (χ4v) is 3.98. The van der Waals surface area contributed by atoms with Crippen LogP contribution in [-0.2, 0) is 12.1 Å². The molecular formula is C19H22N2OS. The average Bonchev–Trinajstić information content (AvgIpc) is 3.27. The fourth-order valence-electron chi connectivity index (χ4n) is 3.11. The van der Waals surface area contributed by atoms with E-state index >= 15 is 0 Å². The van der Waals surface area contributed by atoms with Crippen molar-refractivity contribution in [1.82, 2.24) is 10.3 Å². The molecule has 0 aliphatic heterocycles. The number of nitrogens with one attached hydrogen (secondary N) is 1. The number of terminal acetylenes is 1. The number of hydrogen-bond donors (Lipinski definition) is 1. The molecular weight excluding hydrogens is 304 g/mol. The van der Waals surface area contributed by atoms with Crippen molar-refractivity contribution < 1.29 is 4.74 Å². The highest BCUT2D eigenvalue weighted by atomic mass is 32.1. The Bertz CT molecular complexity index is 637. The van der Waals surface area contributed by atoms with Gasteiger partial charge in [0.05, 0.1) is 12.1 Å². The van der Waals surface area contributed by atoms with Crippen LogP contribution in [0.25, 0.3) is 0 Å². The molecule has 23 heavy (non-hydrogen) atoms. The Balaban J connectivity index is 1.60. The van der Waals surface area contributed by atoms with E-state index in [0.29, 0.717) is 13.0 Å². The van der Waals surface area contributed by atoms with Gasteiger partial charge in [-0.25, -0.2) is 4.98 Å². The summed E-state index contributed by atoms with van der Waals surface area (Å²) in [7, 11) is 0. The number of benzene rings is 1. The van der Waals surface area contributed by atoms with Crippen LogP contribution in [-0.4, -0.2) is 11.6 Å². The van der Waals surface area contributed by atoms with Gasteiger partial charge in [-0.1, -0.05) is 25.0 Å². The minimum atomic E-state index is 0.0656. The normalized spacial score (nSPS) is 16.1. The quantitative estimate of drug-likeness (QED) is 0.614. The molecule has 1 aliphatic carbocycles. The molecule has 0 spiro atoms. The summed E-state index contributed by atoms with van der Waals surface area (Å²) in [6.45, 7) is 1.42. The molecule has 0 amide bonds. The first-order valence-electron chi connectivity index (χ1n) is 8.13. The zero-order valence-corrected chi connectivity index (χ0v) is 14.1. The van der Waals surface area contributed by atoms with Crippen molar-refractivity contribution in [2.45, 2.75) is 44.2 Å². The molecule has 120 valence electrons. The molecule has 1 fully saturated rings. The molecule has 1 aliphatic rings. The Morgan fingerprint density at radius 1 is 1.26 bits per heavy atom. The molecule has 0 radical (unpaired) electrons. The molecule has 1 N–H and O–H groups in total. The minimum absolute atomic E-state index is 0.0656. The van der Waals surface area contributed by atoms with Gasteiger partial charge in [0.2, 0.25) is 0 Å². The van der Waals surface area contributed by atoms with Gasteiger partial charge >= 0.3 is 0 Å². The number of aromatic nitrogens is 1. The summed E-state index contributed by atoms with van der Waals surface area (Å²) in [4.78, 5) is 4.56. The molecule has 3 rings (SSSR count). The van der Waals surface area contributed by atoms with Crippen LogP contribution in [0.1, 0.15) is 42.7 Å². The zero-order chi connectivity index (χ0) is 16.0. The van der Waals surface area contributed by atoms with E-state index in [9.17, 15) is 0 Å². The van der Waals surface area contributed by atoms with Crippen molar-refractivity contribution >= 4 is 11.3 Å². The first-order chi connectivity index (χ1) is 11.3. The Labute approximate surface area is 142 Å². The van der Waals surface area contributed by atoms with E-state index in [-0.39, 0.29) is 5.54 Å². The monoisotopic (exact) mass is 326 g/mol. The van der Waals surface area contributed by atoms with Gasteiger partial charge in [-0.3, -0.25) is 0 Å². The van der Waals surface area contributed by atoms with E-state index in [1.54, 1.807) is 11.3 Å². The molecule has 3 nitrogen and oxygen atoms in total. The fraction of sp³-hybridized carbons (Fsp3) is 0.421. The second-order valence-corrected chi connectivity index (χ2v) is 6.82. The lowest BCUT2D eigenvalue weighted by molar-refractivity contribution is 0.326. The summed E-state index contributed by atoms with van der Waals surface area (Å²) in [5.41, 5.74) is 1.33. The van der Waals surface area contributed by atoms with Crippen LogP contribution in [0, 0.1) is 12.3 Å². The van der Waals surface area contributed by atoms with Crippen LogP contribution >= 0.6 is 11.3 Å². The molecule has 1 heterocycles. The zero-order valence-electron chi connectivity index (χ0n) is 13.3. The van der Waals surface area contributed by atoms with Gasteiger partial charge in [0.25, 0.3) is 0 Å².